The van der Waals surface area contributed by atoms with Gasteiger partial charge in [-0.2, -0.15) is 4.98 Å². The van der Waals surface area contributed by atoms with E-state index in [1.807, 2.05) is 0 Å². The van der Waals surface area contributed by atoms with Crippen LogP contribution in [0.3, 0.4) is 0 Å². The second kappa shape index (κ2) is 6.03. The normalized spacial score (nSPS) is 16.3. The fourth-order valence-electron chi connectivity index (χ4n) is 2.20. The summed E-state index contributed by atoms with van der Waals surface area (Å²) in [6.07, 6.45) is 7.96. The third-order valence-electron chi connectivity index (χ3n) is 3.44. The van der Waals surface area contributed by atoms with Gasteiger partial charge in [-0.15, -0.1) is 0 Å². The van der Waals surface area contributed by atoms with E-state index in [0.29, 0.717) is 23.9 Å². The summed E-state index contributed by atoms with van der Waals surface area (Å²) in [5.74, 6) is 1.35. The number of aromatic nitrogens is 2. The lowest BCUT2D eigenvalue weighted by Gasteiger charge is -2.15. The zero-order chi connectivity index (χ0) is 12.8. The maximum Gasteiger partial charge on any atom is 0.225 e. The molecule has 0 aliphatic heterocycles. The van der Waals surface area contributed by atoms with Crippen LogP contribution in [0.25, 0.3) is 0 Å². The van der Waals surface area contributed by atoms with Crippen molar-refractivity contribution < 1.29 is 4.74 Å². The van der Waals surface area contributed by atoms with Crippen LogP contribution in [0.5, 0.6) is 5.88 Å². The van der Waals surface area contributed by atoms with Crippen molar-refractivity contribution in [3.63, 3.8) is 0 Å². The van der Waals surface area contributed by atoms with E-state index < -0.39 is 0 Å². The van der Waals surface area contributed by atoms with E-state index in [1.54, 1.807) is 12.3 Å². The Morgan fingerprint density at radius 1 is 1.33 bits per heavy atom. The monoisotopic (exact) mass is 249 g/mol. The van der Waals surface area contributed by atoms with Crippen LogP contribution in [0.4, 0.5) is 5.95 Å². The molecule has 0 aromatic carbocycles. The highest BCUT2D eigenvalue weighted by Gasteiger charge is 2.41. The molecule has 1 N–H and O–H groups in total. The number of hydrogen-bond acceptors (Lipinski definition) is 4. The minimum Gasteiger partial charge on any atom is -0.478 e. The van der Waals surface area contributed by atoms with Crippen molar-refractivity contribution in [2.24, 2.45) is 5.41 Å². The molecule has 1 fully saturated rings. The fraction of sp³-hybridized carbons (Fsp3) is 0.714. The van der Waals surface area contributed by atoms with Crippen molar-refractivity contribution in [1.82, 2.24) is 9.97 Å². The zero-order valence-electron chi connectivity index (χ0n) is 11.4. The van der Waals surface area contributed by atoms with Gasteiger partial charge in [0.15, 0.2) is 0 Å². The van der Waals surface area contributed by atoms with Gasteiger partial charge in [0.2, 0.25) is 11.8 Å². The zero-order valence-corrected chi connectivity index (χ0v) is 11.4. The Bertz CT molecular complexity index is 377. The van der Waals surface area contributed by atoms with E-state index in [-0.39, 0.29) is 0 Å². The number of nitrogens with zero attached hydrogens (tertiary/aromatic N) is 2. The second-order valence-corrected chi connectivity index (χ2v) is 5.17. The van der Waals surface area contributed by atoms with E-state index in [9.17, 15) is 0 Å². The SMILES string of the molecule is CCCOc1ccnc(NCC2(CCC)CC2)n1. The Balaban J connectivity index is 1.85. The largest absolute Gasteiger partial charge is 0.478 e. The number of hydrogen-bond donors (Lipinski definition) is 1. The minimum absolute atomic E-state index is 0.512. The highest BCUT2D eigenvalue weighted by Crippen LogP contribution is 2.49. The van der Waals surface area contributed by atoms with Crippen LogP contribution in [0.15, 0.2) is 12.3 Å². The molecule has 100 valence electrons. The highest BCUT2D eigenvalue weighted by molar-refractivity contribution is 5.28. The summed E-state index contributed by atoms with van der Waals surface area (Å²) in [6.45, 7) is 6.02. The minimum atomic E-state index is 0.512. The van der Waals surface area contributed by atoms with Crippen molar-refractivity contribution in [3.05, 3.63) is 12.3 Å². The molecule has 4 heteroatoms. The van der Waals surface area contributed by atoms with Crippen molar-refractivity contribution in [2.45, 2.75) is 46.0 Å². The summed E-state index contributed by atoms with van der Waals surface area (Å²) in [7, 11) is 0. The molecule has 1 aliphatic carbocycles. The molecular formula is C14H23N3O. The molecule has 0 atom stereocenters. The third-order valence-corrected chi connectivity index (χ3v) is 3.44. The number of rotatable bonds is 8. The molecule has 0 amide bonds. The van der Waals surface area contributed by atoms with Crippen LogP contribution in [0.2, 0.25) is 0 Å². The van der Waals surface area contributed by atoms with E-state index in [1.165, 1.54) is 25.7 Å². The molecule has 0 unspecified atom stereocenters. The van der Waals surface area contributed by atoms with E-state index in [2.05, 4.69) is 29.1 Å². The van der Waals surface area contributed by atoms with Gasteiger partial charge in [-0.3, -0.25) is 0 Å². The molecule has 1 saturated carbocycles. The van der Waals surface area contributed by atoms with Crippen LogP contribution < -0.4 is 10.1 Å². The smallest absolute Gasteiger partial charge is 0.225 e. The van der Waals surface area contributed by atoms with Gasteiger partial charge in [-0.05, 0) is 31.1 Å². The van der Waals surface area contributed by atoms with Crippen LogP contribution in [0.1, 0.15) is 46.0 Å². The number of ether oxygens (including phenoxy) is 1. The third kappa shape index (κ3) is 3.59. The van der Waals surface area contributed by atoms with E-state index in [0.717, 1.165) is 13.0 Å². The van der Waals surface area contributed by atoms with Gasteiger partial charge in [0.1, 0.15) is 0 Å². The first-order chi connectivity index (χ1) is 8.78. The predicted octanol–water partition coefficient (Wildman–Crippen LogP) is 3.26. The van der Waals surface area contributed by atoms with Crippen molar-refractivity contribution in [3.8, 4) is 5.88 Å². The molecule has 0 spiro atoms. The molecule has 1 aliphatic rings. The van der Waals surface area contributed by atoms with Gasteiger partial charge in [-0.1, -0.05) is 20.3 Å². The lowest BCUT2D eigenvalue weighted by Crippen LogP contribution is -2.16. The fourth-order valence-corrected chi connectivity index (χ4v) is 2.20. The van der Waals surface area contributed by atoms with Crippen molar-refractivity contribution >= 4 is 5.95 Å². The first-order valence-electron chi connectivity index (χ1n) is 6.98. The molecule has 1 aromatic rings. The van der Waals surface area contributed by atoms with Crippen molar-refractivity contribution in [2.75, 3.05) is 18.5 Å². The molecule has 0 bridgehead atoms. The molecule has 0 saturated heterocycles. The summed E-state index contributed by atoms with van der Waals surface area (Å²) in [5.41, 5.74) is 0.512. The quantitative estimate of drug-likeness (QED) is 0.768. The molecular weight excluding hydrogens is 226 g/mol. The Morgan fingerprint density at radius 3 is 2.83 bits per heavy atom. The highest BCUT2D eigenvalue weighted by atomic mass is 16.5. The van der Waals surface area contributed by atoms with Gasteiger partial charge in [0.25, 0.3) is 0 Å². The van der Waals surface area contributed by atoms with Crippen LogP contribution in [0, 0.1) is 5.41 Å². The summed E-state index contributed by atoms with van der Waals surface area (Å²) >= 11 is 0. The molecule has 0 radical (unpaired) electrons. The summed E-state index contributed by atoms with van der Waals surface area (Å²) in [4.78, 5) is 8.59. The molecule has 4 nitrogen and oxygen atoms in total. The summed E-state index contributed by atoms with van der Waals surface area (Å²) in [5, 5.41) is 3.35. The Kier molecular flexibility index (Phi) is 4.39. The van der Waals surface area contributed by atoms with Gasteiger partial charge in [0.05, 0.1) is 6.61 Å². The van der Waals surface area contributed by atoms with Crippen LogP contribution >= 0.6 is 0 Å². The van der Waals surface area contributed by atoms with Gasteiger partial charge in [0, 0.05) is 18.8 Å². The standard InChI is InChI=1S/C14H23N3O/c1-3-6-14(7-8-14)11-16-13-15-9-5-12(17-13)18-10-4-2/h5,9H,3-4,6-8,10-11H2,1-2H3,(H,15,16,17). The van der Waals surface area contributed by atoms with E-state index >= 15 is 0 Å². The molecule has 1 aromatic heterocycles. The Morgan fingerprint density at radius 2 is 2.17 bits per heavy atom. The summed E-state index contributed by atoms with van der Waals surface area (Å²) < 4.78 is 5.50. The Hall–Kier alpha value is -1.32. The number of anilines is 1. The lowest BCUT2D eigenvalue weighted by molar-refractivity contribution is 0.305. The molecule has 18 heavy (non-hydrogen) atoms. The van der Waals surface area contributed by atoms with Gasteiger partial charge >= 0.3 is 0 Å². The number of nitrogens with one attached hydrogen (secondary N) is 1. The van der Waals surface area contributed by atoms with Crippen LogP contribution in [-0.4, -0.2) is 23.1 Å². The average molecular weight is 249 g/mol. The first kappa shape index (κ1) is 13.1. The lowest BCUT2D eigenvalue weighted by atomic mass is 10.0. The summed E-state index contributed by atoms with van der Waals surface area (Å²) in [6, 6.07) is 1.81. The van der Waals surface area contributed by atoms with Crippen LogP contribution in [-0.2, 0) is 0 Å². The van der Waals surface area contributed by atoms with E-state index in [4.69, 9.17) is 4.74 Å². The molecule has 1 heterocycles. The van der Waals surface area contributed by atoms with Gasteiger partial charge < -0.3 is 10.1 Å². The van der Waals surface area contributed by atoms with Gasteiger partial charge in [-0.25, -0.2) is 4.98 Å². The maximum absolute atomic E-state index is 5.50. The predicted molar refractivity (Wildman–Crippen MR) is 72.9 cm³/mol. The topological polar surface area (TPSA) is 47.0 Å². The van der Waals surface area contributed by atoms with Crippen molar-refractivity contribution in [1.29, 1.82) is 0 Å². The maximum atomic E-state index is 5.50. The average Bonchev–Trinajstić information content (AvgIpc) is 3.15. The first-order valence-corrected chi connectivity index (χ1v) is 6.98. The molecule has 2 rings (SSSR count). The Labute approximate surface area is 109 Å². The second-order valence-electron chi connectivity index (χ2n) is 5.17.